The van der Waals surface area contributed by atoms with Crippen molar-refractivity contribution < 1.29 is 9.53 Å². The van der Waals surface area contributed by atoms with E-state index in [2.05, 4.69) is 15.3 Å². The fraction of sp³-hybridized carbons (Fsp3) is 0.600. The molecule has 0 bridgehead atoms. The number of amides is 1. The third kappa shape index (κ3) is 4.41. The lowest BCUT2D eigenvalue weighted by atomic mass is 10.5. The lowest BCUT2D eigenvalue weighted by Crippen LogP contribution is -2.18. The molecule has 1 amide bonds. The van der Waals surface area contributed by atoms with Gasteiger partial charge in [-0.3, -0.25) is 9.48 Å². The van der Waals surface area contributed by atoms with Crippen molar-refractivity contribution in [3.05, 3.63) is 12.4 Å². The number of carbonyl (C=O) groups excluding carboxylic acids is 1. The van der Waals surface area contributed by atoms with Gasteiger partial charge in [0.2, 0.25) is 5.91 Å². The molecule has 0 aliphatic rings. The van der Waals surface area contributed by atoms with E-state index >= 15 is 0 Å². The minimum absolute atomic E-state index is 0.0584. The van der Waals surface area contributed by atoms with Gasteiger partial charge in [0.1, 0.15) is 6.61 Å². The lowest BCUT2D eigenvalue weighted by molar-refractivity contribution is -0.119. The van der Waals surface area contributed by atoms with Crippen LogP contribution >= 0.6 is 0 Å². The fourth-order valence-electron chi connectivity index (χ4n) is 1.18. The van der Waals surface area contributed by atoms with Gasteiger partial charge >= 0.3 is 0 Å². The van der Waals surface area contributed by atoms with Gasteiger partial charge in [0.05, 0.1) is 18.4 Å². The normalized spacial score (nSPS) is 10.8. The van der Waals surface area contributed by atoms with Gasteiger partial charge in [-0.1, -0.05) is 0 Å². The quantitative estimate of drug-likeness (QED) is 0.743. The molecule has 0 fully saturated rings. The molecule has 1 aromatic heterocycles. The topological polar surface area (TPSA) is 59.4 Å². The number of aromatic nitrogens is 2. The van der Waals surface area contributed by atoms with E-state index in [1.807, 2.05) is 14.1 Å². The average molecular weight is 226 g/mol. The van der Waals surface area contributed by atoms with E-state index < -0.39 is 0 Å². The van der Waals surface area contributed by atoms with Gasteiger partial charge in [0.15, 0.2) is 0 Å². The number of hydrogen-bond acceptors (Lipinski definition) is 4. The average Bonchev–Trinajstić information content (AvgIpc) is 2.63. The molecule has 0 unspecified atom stereocenters. The highest BCUT2D eigenvalue weighted by Gasteiger charge is 2.03. The van der Waals surface area contributed by atoms with Gasteiger partial charge in [0, 0.05) is 19.9 Å². The maximum Gasteiger partial charge on any atom is 0.250 e. The molecule has 1 heterocycles. The summed E-state index contributed by atoms with van der Waals surface area (Å²) in [6, 6.07) is 0. The minimum atomic E-state index is -0.172. The Bertz CT molecular complexity index is 335. The number of carbonyl (C=O) groups is 1. The van der Waals surface area contributed by atoms with Crippen LogP contribution in [0.1, 0.15) is 0 Å². The van der Waals surface area contributed by atoms with Gasteiger partial charge < -0.3 is 15.0 Å². The third-order valence-corrected chi connectivity index (χ3v) is 1.97. The number of rotatable bonds is 6. The van der Waals surface area contributed by atoms with E-state index in [9.17, 15) is 4.79 Å². The summed E-state index contributed by atoms with van der Waals surface area (Å²) in [6.07, 6.45) is 3.43. The van der Waals surface area contributed by atoms with Gasteiger partial charge in [-0.2, -0.15) is 5.10 Å². The van der Waals surface area contributed by atoms with Crippen LogP contribution in [0.15, 0.2) is 12.4 Å². The largest absolute Gasteiger partial charge is 0.375 e. The molecule has 0 saturated heterocycles. The maximum atomic E-state index is 11.2. The molecule has 6 heteroatoms. The minimum Gasteiger partial charge on any atom is -0.375 e. The second-order valence-corrected chi connectivity index (χ2v) is 3.78. The zero-order valence-electron chi connectivity index (χ0n) is 9.93. The number of nitrogens with one attached hydrogen (secondary N) is 1. The highest BCUT2D eigenvalue weighted by molar-refractivity contribution is 5.91. The Morgan fingerprint density at radius 3 is 3.00 bits per heavy atom. The van der Waals surface area contributed by atoms with Crippen LogP contribution in [0, 0.1) is 0 Å². The Morgan fingerprint density at radius 2 is 2.38 bits per heavy atom. The first-order valence-electron chi connectivity index (χ1n) is 5.08. The Balaban J connectivity index is 2.42. The number of methoxy groups -OCH3 is 1. The Hall–Kier alpha value is -1.40. The van der Waals surface area contributed by atoms with Crippen molar-refractivity contribution >= 4 is 11.6 Å². The van der Waals surface area contributed by atoms with Crippen molar-refractivity contribution in [2.75, 3.05) is 39.7 Å². The molecule has 0 spiro atoms. The predicted octanol–water partition coefficient (Wildman–Crippen LogP) is 0.0296. The number of hydrogen-bond donors (Lipinski definition) is 1. The SMILES string of the molecule is COCC(=O)Nc1cnn(CCN(C)C)c1. The summed E-state index contributed by atoms with van der Waals surface area (Å²) in [6.45, 7) is 1.77. The van der Waals surface area contributed by atoms with E-state index in [0.29, 0.717) is 5.69 Å². The number of ether oxygens (including phenoxy) is 1. The molecule has 0 radical (unpaired) electrons. The molecule has 1 aromatic rings. The fourth-order valence-corrected chi connectivity index (χ4v) is 1.18. The molecule has 0 atom stereocenters. The van der Waals surface area contributed by atoms with E-state index in [4.69, 9.17) is 4.74 Å². The van der Waals surface area contributed by atoms with Gasteiger partial charge in [-0.15, -0.1) is 0 Å². The summed E-state index contributed by atoms with van der Waals surface area (Å²) in [5, 5.41) is 6.83. The maximum absolute atomic E-state index is 11.2. The van der Waals surface area contributed by atoms with Crippen molar-refractivity contribution in [1.82, 2.24) is 14.7 Å². The molecule has 6 nitrogen and oxygen atoms in total. The molecule has 0 saturated carbocycles. The molecule has 16 heavy (non-hydrogen) atoms. The van der Waals surface area contributed by atoms with E-state index in [1.165, 1.54) is 7.11 Å². The van der Waals surface area contributed by atoms with Crippen molar-refractivity contribution in [2.45, 2.75) is 6.54 Å². The zero-order valence-corrected chi connectivity index (χ0v) is 9.93. The van der Waals surface area contributed by atoms with Crippen LogP contribution in [-0.4, -0.2) is 54.9 Å². The predicted molar refractivity (Wildman–Crippen MR) is 61.3 cm³/mol. The molecule has 1 N–H and O–H groups in total. The van der Waals surface area contributed by atoms with E-state index in [1.54, 1.807) is 17.1 Å². The molecule has 0 aliphatic carbocycles. The number of nitrogens with zero attached hydrogens (tertiary/aromatic N) is 3. The smallest absolute Gasteiger partial charge is 0.250 e. The monoisotopic (exact) mass is 226 g/mol. The van der Waals surface area contributed by atoms with Gasteiger partial charge in [-0.05, 0) is 14.1 Å². The number of likely N-dealkylation sites (N-methyl/N-ethyl adjacent to an activating group) is 1. The summed E-state index contributed by atoms with van der Waals surface area (Å²) in [7, 11) is 5.50. The summed E-state index contributed by atoms with van der Waals surface area (Å²) >= 11 is 0. The number of anilines is 1. The summed E-state index contributed by atoms with van der Waals surface area (Å²) < 4.78 is 6.51. The highest BCUT2D eigenvalue weighted by Crippen LogP contribution is 2.04. The Kier molecular flexibility index (Phi) is 4.94. The van der Waals surface area contributed by atoms with Crippen molar-refractivity contribution in [2.24, 2.45) is 0 Å². The summed E-state index contributed by atoms with van der Waals surface area (Å²) in [4.78, 5) is 13.3. The first-order chi connectivity index (χ1) is 7.61. The standard InChI is InChI=1S/C10H18N4O2/c1-13(2)4-5-14-7-9(6-11-14)12-10(15)8-16-3/h6-7H,4-5,8H2,1-3H3,(H,12,15). The Morgan fingerprint density at radius 1 is 1.62 bits per heavy atom. The van der Waals surface area contributed by atoms with Crippen LogP contribution < -0.4 is 5.32 Å². The van der Waals surface area contributed by atoms with E-state index in [0.717, 1.165) is 13.1 Å². The van der Waals surface area contributed by atoms with Crippen molar-refractivity contribution in [3.63, 3.8) is 0 Å². The molecular weight excluding hydrogens is 208 g/mol. The van der Waals surface area contributed by atoms with Crippen LogP contribution in [0.4, 0.5) is 5.69 Å². The summed E-state index contributed by atoms with van der Waals surface area (Å²) in [5.41, 5.74) is 0.695. The van der Waals surface area contributed by atoms with Crippen LogP contribution in [-0.2, 0) is 16.1 Å². The third-order valence-electron chi connectivity index (χ3n) is 1.97. The van der Waals surface area contributed by atoms with Crippen LogP contribution in [0.3, 0.4) is 0 Å². The highest BCUT2D eigenvalue weighted by atomic mass is 16.5. The summed E-state index contributed by atoms with van der Waals surface area (Å²) in [5.74, 6) is -0.172. The van der Waals surface area contributed by atoms with E-state index in [-0.39, 0.29) is 12.5 Å². The van der Waals surface area contributed by atoms with Crippen LogP contribution in [0.2, 0.25) is 0 Å². The first kappa shape index (κ1) is 12.7. The Labute approximate surface area is 95.2 Å². The lowest BCUT2D eigenvalue weighted by Gasteiger charge is -2.08. The van der Waals surface area contributed by atoms with Crippen LogP contribution in [0.5, 0.6) is 0 Å². The molecule has 90 valence electrons. The molecular formula is C10H18N4O2. The second-order valence-electron chi connectivity index (χ2n) is 3.78. The zero-order chi connectivity index (χ0) is 12.0. The van der Waals surface area contributed by atoms with Crippen molar-refractivity contribution in [3.8, 4) is 0 Å². The molecule has 0 aliphatic heterocycles. The second kappa shape index (κ2) is 6.24. The molecule has 0 aromatic carbocycles. The van der Waals surface area contributed by atoms with Crippen molar-refractivity contribution in [1.29, 1.82) is 0 Å². The van der Waals surface area contributed by atoms with Gasteiger partial charge in [-0.25, -0.2) is 0 Å². The first-order valence-corrected chi connectivity index (χ1v) is 5.08. The van der Waals surface area contributed by atoms with Crippen LogP contribution in [0.25, 0.3) is 0 Å². The molecule has 1 rings (SSSR count). The van der Waals surface area contributed by atoms with Gasteiger partial charge in [0.25, 0.3) is 0 Å².